The average molecular weight is 293 g/mol. The predicted molar refractivity (Wildman–Crippen MR) is 87.3 cm³/mol. The van der Waals surface area contributed by atoms with E-state index in [1.165, 1.54) is 44.9 Å². The molecule has 0 unspecified atom stereocenters. The first-order valence-corrected chi connectivity index (χ1v) is 8.10. The maximum atomic E-state index is 9.07. The number of hydrogen-bond donors (Lipinski definition) is 1. The quantitative estimate of drug-likeness (QED) is 0.556. The highest BCUT2D eigenvalue weighted by molar-refractivity contribution is 6.32. The fraction of sp³-hybridized carbons (Fsp3) is 0.588. The summed E-state index contributed by atoms with van der Waals surface area (Å²) in [6, 6.07) is 7.69. The number of rotatable bonds is 10. The molecule has 0 heterocycles. The average Bonchev–Trinajstić information content (AvgIpc) is 2.45. The highest BCUT2D eigenvalue weighted by Gasteiger charge is 2.04. The van der Waals surface area contributed by atoms with Gasteiger partial charge in [0.25, 0.3) is 0 Å². The van der Waals surface area contributed by atoms with Gasteiger partial charge in [0.05, 0.1) is 16.3 Å². The molecule has 0 saturated carbocycles. The van der Waals surface area contributed by atoms with Crippen LogP contribution in [0.15, 0.2) is 18.2 Å². The summed E-state index contributed by atoms with van der Waals surface area (Å²) in [6.07, 6.45) is 10.5. The summed E-state index contributed by atoms with van der Waals surface area (Å²) in [5.74, 6) is 0. The highest BCUT2D eigenvalue weighted by Crippen LogP contribution is 2.23. The van der Waals surface area contributed by atoms with Crippen molar-refractivity contribution in [1.29, 1.82) is 5.26 Å². The van der Waals surface area contributed by atoms with Crippen LogP contribution in [0.3, 0.4) is 0 Å². The molecule has 1 N–H and O–H groups in total. The van der Waals surface area contributed by atoms with E-state index in [0.29, 0.717) is 10.6 Å². The van der Waals surface area contributed by atoms with Crippen LogP contribution in [0.4, 0.5) is 5.69 Å². The molecule has 3 heteroatoms. The molecule has 0 aromatic heterocycles. The summed E-state index contributed by atoms with van der Waals surface area (Å²) < 4.78 is 0. The van der Waals surface area contributed by atoms with Gasteiger partial charge in [-0.15, -0.1) is 0 Å². The molecule has 0 aliphatic rings. The Labute approximate surface area is 128 Å². The molecule has 0 saturated heterocycles. The van der Waals surface area contributed by atoms with Crippen LogP contribution in [0.2, 0.25) is 5.02 Å². The van der Waals surface area contributed by atoms with Gasteiger partial charge in [-0.05, 0) is 18.6 Å². The maximum absolute atomic E-state index is 9.07. The van der Waals surface area contributed by atoms with Crippen LogP contribution in [-0.2, 0) is 0 Å². The Kier molecular flexibility index (Phi) is 8.91. The third kappa shape index (κ3) is 6.30. The van der Waals surface area contributed by atoms with Gasteiger partial charge < -0.3 is 5.32 Å². The number of nitrogens with zero attached hydrogens (tertiary/aromatic N) is 1. The van der Waals surface area contributed by atoms with Gasteiger partial charge in [-0.2, -0.15) is 5.26 Å². The lowest BCUT2D eigenvalue weighted by Crippen LogP contribution is -2.03. The van der Waals surface area contributed by atoms with Crippen molar-refractivity contribution in [3.63, 3.8) is 0 Å². The van der Waals surface area contributed by atoms with Crippen molar-refractivity contribution >= 4 is 17.3 Å². The van der Waals surface area contributed by atoms with Gasteiger partial charge in [0.15, 0.2) is 0 Å². The molecule has 0 radical (unpaired) electrons. The predicted octanol–water partition coefficient (Wildman–Crippen LogP) is 5.76. The highest BCUT2D eigenvalue weighted by atomic mass is 35.5. The van der Waals surface area contributed by atoms with Gasteiger partial charge in [0.2, 0.25) is 0 Å². The molecule has 0 atom stereocenters. The van der Waals surface area contributed by atoms with E-state index in [1.54, 1.807) is 6.07 Å². The van der Waals surface area contributed by atoms with Gasteiger partial charge in [0.1, 0.15) is 6.07 Å². The Morgan fingerprint density at radius 1 is 1.05 bits per heavy atom. The standard InChI is InChI=1S/C17H25ClN2/c1-2-3-4-5-6-7-8-9-13-20-17-12-10-11-16(18)15(17)14-19/h10-12,20H,2-9,13H2,1H3. The molecular formula is C17H25ClN2. The molecule has 0 aliphatic heterocycles. The Hall–Kier alpha value is -1.20. The normalized spacial score (nSPS) is 10.2. The van der Waals surface area contributed by atoms with Crippen molar-refractivity contribution in [3.05, 3.63) is 28.8 Å². The minimum atomic E-state index is 0.522. The number of anilines is 1. The van der Waals surface area contributed by atoms with Crippen LogP contribution in [0, 0.1) is 11.3 Å². The molecule has 0 spiro atoms. The smallest absolute Gasteiger partial charge is 0.103 e. The van der Waals surface area contributed by atoms with E-state index in [1.807, 2.05) is 12.1 Å². The summed E-state index contributed by atoms with van der Waals surface area (Å²) in [4.78, 5) is 0. The molecule has 1 rings (SSSR count). The van der Waals surface area contributed by atoms with E-state index in [4.69, 9.17) is 16.9 Å². The molecule has 2 nitrogen and oxygen atoms in total. The topological polar surface area (TPSA) is 35.8 Å². The number of hydrogen-bond acceptors (Lipinski definition) is 2. The van der Waals surface area contributed by atoms with E-state index in [9.17, 15) is 0 Å². The second-order valence-electron chi connectivity index (χ2n) is 5.18. The fourth-order valence-electron chi connectivity index (χ4n) is 2.27. The zero-order chi connectivity index (χ0) is 14.6. The number of halogens is 1. The summed E-state index contributed by atoms with van der Waals surface area (Å²) >= 11 is 5.99. The van der Waals surface area contributed by atoms with E-state index >= 15 is 0 Å². The first kappa shape index (κ1) is 16.9. The van der Waals surface area contributed by atoms with E-state index in [0.717, 1.165) is 18.7 Å². The van der Waals surface area contributed by atoms with Gasteiger partial charge >= 0.3 is 0 Å². The number of nitrogens with one attached hydrogen (secondary N) is 1. The van der Waals surface area contributed by atoms with E-state index in [2.05, 4.69) is 18.3 Å². The number of unbranched alkanes of at least 4 members (excludes halogenated alkanes) is 7. The van der Waals surface area contributed by atoms with E-state index < -0.39 is 0 Å². The molecule has 110 valence electrons. The lowest BCUT2D eigenvalue weighted by Gasteiger charge is -2.09. The van der Waals surface area contributed by atoms with Crippen molar-refractivity contribution in [2.24, 2.45) is 0 Å². The lowest BCUT2D eigenvalue weighted by atomic mass is 10.1. The molecule has 0 fully saturated rings. The third-order valence-corrected chi connectivity index (χ3v) is 3.79. The Bertz CT molecular complexity index is 423. The van der Waals surface area contributed by atoms with Crippen LogP contribution < -0.4 is 5.32 Å². The van der Waals surface area contributed by atoms with Crippen molar-refractivity contribution in [2.45, 2.75) is 58.3 Å². The molecule has 1 aromatic rings. The van der Waals surface area contributed by atoms with Crippen LogP contribution in [-0.4, -0.2) is 6.54 Å². The van der Waals surface area contributed by atoms with Crippen molar-refractivity contribution in [2.75, 3.05) is 11.9 Å². The zero-order valence-corrected chi connectivity index (χ0v) is 13.2. The van der Waals surface area contributed by atoms with Crippen molar-refractivity contribution in [3.8, 4) is 6.07 Å². The first-order chi connectivity index (χ1) is 9.79. The monoisotopic (exact) mass is 292 g/mol. The maximum Gasteiger partial charge on any atom is 0.103 e. The van der Waals surface area contributed by atoms with Crippen LogP contribution >= 0.6 is 11.6 Å². The Balaban J connectivity index is 2.13. The summed E-state index contributed by atoms with van der Waals surface area (Å²) in [5.41, 5.74) is 1.40. The lowest BCUT2D eigenvalue weighted by molar-refractivity contribution is 0.581. The minimum Gasteiger partial charge on any atom is -0.384 e. The largest absolute Gasteiger partial charge is 0.384 e. The molecule has 0 amide bonds. The van der Waals surface area contributed by atoms with Gasteiger partial charge in [-0.3, -0.25) is 0 Å². The third-order valence-electron chi connectivity index (χ3n) is 3.47. The Morgan fingerprint density at radius 3 is 2.35 bits per heavy atom. The zero-order valence-electron chi connectivity index (χ0n) is 12.4. The molecule has 0 bridgehead atoms. The van der Waals surface area contributed by atoms with Crippen LogP contribution in [0.25, 0.3) is 0 Å². The SMILES string of the molecule is CCCCCCCCCCNc1cccc(Cl)c1C#N. The Morgan fingerprint density at radius 2 is 1.70 bits per heavy atom. The van der Waals surface area contributed by atoms with Crippen LogP contribution in [0.5, 0.6) is 0 Å². The minimum absolute atomic E-state index is 0.522. The van der Waals surface area contributed by atoms with Crippen LogP contribution in [0.1, 0.15) is 63.9 Å². The number of benzene rings is 1. The molecule has 1 aromatic carbocycles. The molecular weight excluding hydrogens is 268 g/mol. The molecule has 0 aliphatic carbocycles. The van der Waals surface area contributed by atoms with Gasteiger partial charge in [-0.1, -0.05) is 69.5 Å². The van der Waals surface area contributed by atoms with Gasteiger partial charge in [-0.25, -0.2) is 0 Å². The summed E-state index contributed by atoms with van der Waals surface area (Å²) in [5, 5.41) is 12.9. The molecule has 20 heavy (non-hydrogen) atoms. The second-order valence-corrected chi connectivity index (χ2v) is 5.58. The second kappa shape index (κ2) is 10.6. The van der Waals surface area contributed by atoms with Gasteiger partial charge in [0, 0.05) is 6.54 Å². The summed E-state index contributed by atoms with van der Waals surface area (Å²) in [6.45, 7) is 3.15. The summed E-state index contributed by atoms with van der Waals surface area (Å²) in [7, 11) is 0. The number of nitriles is 1. The van der Waals surface area contributed by atoms with E-state index in [-0.39, 0.29) is 0 Å². The fourth-order valence-corrected chi connectivity index (χ4v) is 2.48. The van der Waals surface area contributed by atoms with Crippen molar-refractivity contribution < 1.29 is 0 Å². The van der Waals surface area contributed by atoms with Crippen molar-refractivity contribution in [1.82, 2.24) is 0 Å². The first-order valence-electron chi connectivity index (χ1n) is 7.72.